The number of anilines is 1. The highest BCUT2D eigenvalue weighted by Crippen LogP contribution is 2.29. The molecule has 3 N–H and O–H groups in total. The summed E-state index contributed by atoms with van der Waals surface area (Å²) in [5.41, 5.74) is 2.99. The third-order valence-electron chi connectivity index (χ3n) is 4.14. The zero-order valence-electron chi connectivity index (χ0n) is 15.0. The first kappa shape index (κ1) is 19.4. The van der Waals surface area contributed by atoms with Gasteiger partial charge in [-0.15, -0.1) is 0 Å². The molecule has 0 saturated carbocycles. The number of carbonyl (C=O) groups excluding carboxylic acids is 1. The van der Waals surface area contributed by atoms with Gasteiger partial charge in [0.05, 0.1) is 18.2 Å². The first-order valence-electron chi connectivity index (χ1n) is 8.56. The molecule has 0 bridgehead atoms. The van der Waals surface area contributed by atoms with Crippen molar-refractivity contribution in [1.82, 2.24) is 10.6 Å². The molecule has 5 nitrogen and oxygen atoms in total. The summed E-state index contributed by atoms with van der Waals surface area (Å²) in [4.78, 5) is 13.0. The Hall–Kier alpha value is -2.38. The quantitative estimate of drug-likeness (QED) is 0.599. The van der Waals surface area contributed by atoms with Crippen LogP contribution in [0.2, 0.25) is 0 Å². The summed E-state index contributed by atoms with van der Waals surface area (Å²) in [5, 5.41) is 9.68. The number of hydrogen-bond acceptors (Lipinski definition) is 3. The maximum Gasteiger partial charge on any atom is 0.255 e. The Morgan fingerprint density at radius 3 is 2.48 bits per heavy atom. The molecule has 1 aliphatic rings. The molecule has 27 heavy (non-hydrogen) atoms. The maximum atomic E-state index is 13.0. The molecule has 0 saturated heterocycles. The fraction of sp³-hybridized carbons (Fsp3) is 0.200. The van der Waals surface area contributed by atoms with Gasteiger partial charge in [-0.1, -0.05) is 28.1 Å². The van der Waals surface area contributed by atoms with Crippen LogP contribution < -0.4 is 20.7 Å². The Kier molecular flexibility index (Phi) is 6.13. The van der Waals surface area contributed by atoms with Crippen LogP contribution in [0.1, 0.15) is 25.5 Å². The van der Waals surface area contributed by atoms with Crippen LogP contribution in [0.4, 0.5) is 5.69 Å². The number of nitrogens with one attached hydrogen (secondary N) is 3. The van der Waals surface area contributed by atoms with Crippen molar-refractivity contribution in [2.24, 2.45) is 0 Å². The molecule has 2 aromatic rings. The molecule has 7 heteroatoms. The number of allylic oxidation sites excluding steroid dienone is 1. The molecule has 1 unspecified atom stereocenters. The van der Waals surface area contributed by atoms with E-state index in [4.69, 9.17) is 17.0 Å². The molecule has 3 rings (SSSR count). The van der Waals surface area contributed by atoms with Crippen molar-refractivity contribution in [3.05, 3.63) is 69.8 Å². The molecule has 2 aromatic carbocycles. The van der Waals surface area contributed by atoms with Crippen LogP contribution in [0.25, 0.3) is 0 Å². The highest BCUT2D eigenvalue weighted by atomic mass is 79.9. The number of halogens is 1. The van der Waals surface area contributed by atoms with E-state index >= 15 is 0 Å². The van der Waals surface area contributed by atoms with Gasteiger partial charge in [0.1, 0.15) is 5.75 Å². The van der Waals surface area contributed by atoms with Gasteiger partial charge in [-0.3, -0.25) is 4.79 Å². The van der Waals surface area contributed by atoms with Gasteiger partial charge in [0.2, 0.25) is 0 Å². The summed E-state index contributed by atoms with van der Waals surface area (Å²) in [7, 11) is 0. The molecule has 1 amide bonds. The summed E-state index contributed by atoms with van der Waals surface area (Å²) in [6.45, 7) is 4.39. The first-order chi connectivity index (χ1) is 13.0. The minimum Gasteiger partial charge on any atom is -0.494 e. The highest BCUT2D eigenvalue weighted by molar-refractivity contribution is 9.10. The van der Waals surface area contributed by atoms with E-state index in [2.05, 4.69) is 31.9 Å². The number of carbonyl (C=O) groups is 1. The average molecular weight is 446 g/mol. The van der Waals surface area contributed by atoms with E-state index < -0.39 is 0 Å². The van der Waals surface area contributed by atoms with Gasteiger partial charge in [-0.25, -0.2) is 0 Å². The minimum absolute atomic E-state index is 0.188. The van der Waals surface area contributed by atoms with Crippen molar-refractivity contribution in [1.29, 1.82) is 0 Å². The van der Waals surface area contributed by atoms with E-state index in [0.717, 1.165) is 21.5 Å². The monoisotopic (exact) mass is 445 g/mol. The van der Waals surface area contributed by atoms with Crippen LogP contribution in [0.3, 0.4) is 0 Å². The van der Waals surface area contributed by atoms with Gasteiger partial charge < -0.3 is 20.7 Å². The van der Waals surface area contributed by atoms with Crippen LogP contribution in [-0.2, 0) is 4.79 Å². The van der Waals surface area contributed by atoms with Crippen molar-refractivity contribution in [2.75, 3.05) is 11.9 Å². The molecule has 1 aliphatic heterocycles. The van der Waals surface area contributed by atoms with Crippen molar-refractivity contribution in [3.8, 4) is 5.75 Å². The molecule has 1 heterocycles. The number of thiocarbonyl (C=S) groups is 1. The molecular weight excluding hydrogens is 426 g/mol. The fourth-order valence-corrected chi connectivity index (χ4v) is 3.43. The molecule has 0 spiro atoms. The van der Waals surface area contributed by atoms with Crippen molar-refractivity contribution in [3.63, 3.8) is 0 Å². The molecular formula is C20H20BrN3O2S. The molecule has 140 valence electrons. The summed E-state index contributed by atoms with van der Waals surface area (Å²) in [6.07, 6.45) is 0. The highest BCUT2D eigenvalue weighted by Gasteiger charge is 2.29. The van der Waals surface area contributed by atoms with Crippen LogP contribution in [0.15, 0.2) is 64.3 Å². The van der Waals surface area contributed by atoms with Gasteiger partial charge in [0, 0.05) is 15.9 Å². The first-order valence-corrected chi connectivity index (χ1v) is 9.76. The lowest BCUT2D eigenvalue weighted by Gasteiger charge is -2.30. The standard InChI is InChI=1S/C20H20BrN3O2S/c1-3-26-16-10-8-15(9-11-16)23-19(25)17-12(2)22-20(27)24-18(17)13-4-6-14(21)7-5-13/h4-11,18H,3H2,1-2H3,(H,23,25)(H2,22,24,27). The van der Waals surface area contributed by atoms with E-state index in [1.807, 2.05) is 62.4 Å². The lowest BCUT2D eigenvalue weighted by Crippen LogP contribution is -2.45. The largest absolute Gasteiger partial charge is 0.494 e. The van der Waals surface area contributed by atoms with Gasteiger partial charge in [0.25, 0.3) is 5.91 Å². The third-order valence-corrected chi connectivity index (χ3v) is 4.89. The third kappa shape index (κ3) is 4.67. The second-order valence-corrected chi connectivity index (χ2v) is 7.36. The number of ether oxygens (including phenoxy) is 1. The second kappa shape index (κ2) is 8.54. The summed E-state index contributed by atoms with van der Waals surface area (Å²) < 4.78 is 6.41. The van der Waals surface area contributed by atoms with Crippen LogP contribution in [0, 0.1) is 0 Å². The summed E-state index contributed by atoms with van der Waals surface area (Å²) in [5.74, 6) is 0.581. The van der Waals surface area contributed by atoms with Crippen LogP contribution in [-0.4, -0.2) is 17.6 Å². The molecule has 0 radical (unpaired) electrons. The lowest BCUT2D eigenvalue weighted by atomic mass is 9.95. The van der Waals surface area contributed by atoms with Gasteiger partial charge in [0.15, 0.2) is 5.11 Å². The Morgan fingerprint density at radius 2 is 1.85 bits per heavy atom. The summed E-state index contributed by atoms with van der Waals surface area (Å²) in [6, 6.07) is 14.8. The zero-order valence-corrected chi connectivity index (χ0v) is 17.4. The van der Waals surface area contributed by atoms with Gasteiger partial charge in [-0.05, 0) is 68.0 Å². The van der Waals surface area contributed by atoms with E-state index in [9.17, 15) is 4.79 Å². The Bertz CT molecular complexity index is 879. The molecule has 1 atom stereocenters. The Labute approximate surface area is 172 Å². The van der Waals surface area contributed by atoms with Crippen LogP contribution in [0.5, 0.6) is 5.75 Å². The van der Waals surface area contributed by atoms with Crippen molar-refractivity contribution < 1.29 is 9.53 Å². The number of amides is 1. The SMILES string of the molecule is CCOc1ccc(NC(=O)C2=C(C)NC(=S)NC2c2ccc(Br)cc2)cc1. The normalized spacial score (nSPS) is 16.4. The van der Waals surface area contributed by atoms with E-state index in [1.165, 1.54) is 0 Å². The Balaban J connectivity index is 1.86. The number of hydrogen-bond donors (Lipinski definition) is 3. The number of rotatable bonds is 5. The van der Waals surface area contributed by atoms with E-state index in [1.54, 1.807) is 0 Å². The number of benzene rings is 2. The van der Waals surface area contributed by atoms with Crippen LogP contribution >= 0.6 is 28.1 Å². The Morgan fingerprint density at radius 1 is 1.19 bits per heavy atom. The topological polar surface area (TPSA) is 62.4 Å². The predicted molar refractivity (Wildman–Crippen MR) is 115 cm³/mol. The van der Waals surface area contributed by atoms with E-state index in [0.29, 0.717) is 23.0 Å². The van der Waals surface area contributed by atoms with Gasteiger partial charge >= 0.3 is 0 Å². The van der Waals surface area contributed by atoms with E-state index in [-0.39, 0.29) is 11.9 Å². The fourth-order valence-electron chi connectivity index (χ4n) is 2.90. The van der Waals surface area contributed by atoms with Crippen molar-refractivity contribution >= 4 is 44.9 Å². The smallest absolute Gasteiger partial charge is 0.255 e. The molecule has 0 aromatic heterocycles. The predicted octanol–water partition coefficient (Wildman–Crippen LogP) is 4.28. The van der Waals surface area contributed by atoms with Crippen molar-refractivity contribution in [2.45, 2.75) is 19.9 Å². The molecule has 0 fully saturated rings. The molecule has 0 aliphatic carbocycles. The maximum absolute atomic E-state index is 13.0. The van der Waals surface area contributed by atoms with Gasteiger partial charge in [-0.2, -0.15) is 0 Å². The summed E-state index contributed by atoms with van der Waals surface area (Å²) >= 11 is 8.72. The lowest BCUT2D eigenvalue weighted by molar-refractivity contribution is -0.113. The zero-order chi connectivity index (χ0) is 19.4. The second-order valence-electron chi connectivity index (χ2n) is 6.03. The minimum atomic E-state index is -0.324. The average Bonchev–Trinajstić information content (AvgIpc) is 2.63.